The fourth-order valence-electron chi connectivity index (χ4n) is 3.56. The molecule has 1 unspecified atom stereocenters. The van der Waals surface area contributed by atoms with Crippen molar-refractivity contribution in [1.29, 1.82) is 0 Å². The third kappa shape index (κ3) is 3.72. The Labute approximate surface area is 147 Å². The molecule has 0 radical (unpaired) electrons. The average molecular weight is 350 g/mol. The van der Waals surface area contributed by atoms with E-state index in [2.05, 4.69) is 35.2 Å². The normalized spacial score (nSPS) is 21.7. The Morgan fingerprint density at radius 3 is 2.52 bits per heavy atom. The van der Waals surface area contributed by atoms with Crippen LogP contribution in [-0.2, 0) is 12.0 Å². The summed E-state index contributed by atoms with van der Waals surface area (Å²) in [5, 5.41) is 10.7. The van der Waals surface area contributed by atoms with Gasteiger partial charge >= 0.3 is 0 Å². The van der Waals surface area contributed by atoms with Crippen LogP contribution in [0.2, 0.25) is 10.0 Å². The summed E-state index contributed by atoms with van der Waals surface area (Å²) in [7, 11) is 0. The second kappa shape index (κ2) is 7.23. The van der Waals surface area contributed by atoms with Gasteiger partial charge in [-0.3, -0.25) is 4.90 Å². The summed E-state index contributed by atoms with van der Waals surface area (Å²) in [5.74, 6) is 0. The van der Waals surface area contributed by atoms with Gasteiger partial charge in [0.1, 0.15) is 0 Å². The van der Waals surface area contributed by atoms with Crippen LogP contribution < -0.4 is 0 Å². The van der Waals surface area contributed by atoms with Crippen LogP contribution in [0.1, 0.15) is 24.0 Å². The molecule has 3 rings (SSSR count). The molecule has 1 N–H and O–H groups in total. The number of likely N-dealkylation sites (tertiary alicyclic amines) is 1. The van der Waals surface area contributed by atoms with Gasteiger partial charge < -0.3 is 5.11 Å². The molecule has 1 heterocycles. The molecule has 2 aromatic rings. The number of hydrogen-bond acceptors (Lipinski definition) is 2. The Balaban J connectivity index is 1.81. The van der Waals surface area contributed by atoms with Crippen LogP contribution in [0.3, 0.4) is 0 Å². The van der Waals surface area contributed by atoms with Crippen molar-refractivity contribution >= 4 is 23.2 Å². The minimum Gasteiger partial charge on any atom is -0.396 e. The molecule has 1 aliphatic heterocycles. The molecule has 122 valence electrons. The zero-order valence-corrected chi connectivity index (χ0v) is 14.5. The van der Waals surface area contributed by atoms with Gasteiger partial charge in [0.25, 0.3) is 0 Å². The van der Waals surface area contributed by atoms with Gasteiger partial charge in [-0.1, -0.05) is 59.6 Å². The van der Waals surface area contributed by atoms with Gasteiger partial charge in [0.2, 0.25) is 0 Å². The maximum Gasteiger partial charge on any atom is 0.0595 e. The lowest BCUT2D eigenvalue weighted by Gasteiger charge is -2.30. The van der Waals surface area contributed by atoms with Crippen molar-refractivity contribution in [1.82, 2.24) is 4.90 Å². The Morgan fingerprint density at radius 2 is 1.83 bits per heavy atom. The lowest BCUT2D eigenvalue weighted by molar-refractivity contribution is 0.227. The monoisotopic (exact) mass is 349 g/mol. The van der Waals surface area contributed by atoms with Crippen LogP contribution in [-0.4, -0.2) is 29.7 Å². The van der Waals surface area contributed by atoms with E-state index in [0.717, 1.165) is 32.5 Å². The molecule has 1 atom stereocenters. The van der Waals surface area contributed by atoms with Gasteiger partial charge in [-0.25, -0.2) is 0 Å². The van der Waals surface area contributed by atoms with Gasteiger partial charge in [0.15, 0.2) is 0 Å². The number of rotatable bonds is 5. The Bertz CT molecular complexity index is 662. The molecule has 0 aromatic heterocycles. The molecule has 4 heteroatoms. The number of halogens is 2. The highest BCUT2D eigenvalue weighted by Gasteiger charge is 2.39. The number of nitrogens with zero attached hydrogens (tertiary/aromatic N) is 1. The molecule has 1 aliphatic rings. The molecule has 0 bridgehead atoms. The average Bonchev–Trinajstić information content (AvgIpc) is 2.95. The highest BCUT2D eigenvalue weighted by Crippen LogP contribution is 2.40. The molecule has 1 fully saturated rings. The first kappa shape index (κ1) is 16.8. The van der Waals surface area contributed by atoms with E-state index in [-0.39, 0.29) is 12.0 Å². The molecule has 0 spiro atoms. The molecular weight excluding hydrogens is 329 g/mol. The van der Waals surface area contributed by atoms with E-state index in [0.29, 0.717) is 10.0 Å². The topological polar surface area (TPSA) is 23.5 Å². The molecule has 0 amide bonds. The number of benzene rings is 2. The number of aliphatic hydroxyl groups is 1. The van der Waals surface area contributed by atoms with Gasteiger partial charge in [-0.15, -0.1) is 0 Å². The van der Waals surface area contributed by atoms with Crippen molar-refractivity contribution in [3.8, 4) is 0 Å². The quantitative estimate of drug-likeness (QED) is 0.857. The lowest BCUT2D eigenvalue weighted by Crippen LogP contribution is -2.32. The summed E-state index contributed by atoms with van der Waals surface area (Å²) in [6.45, 7) is 3.07. The number of aliphatic hydroxyl groups excluding tert-OH is 1. The van der Waals surface area contributed by atoms with Crippen molar-refractivity contribution in [3.05, 3.63) is 69.7 Å². The fraction of sp³-hybridized carbons (Fsp3) is 0.368. The third-order valence-electron chi connectivity index (χ3n) is 4.80. The highest BCUT2D eigenvalue weighted by atomic mass is 35.5. The first-order chi connectivity index (χ1) is 11.1. The summed E-state index contributed by atoms with van der Waals surface area (Å²) in [5.41, 5.74) is 2.45. The first-order valence-electron chi connectivity index (χ1n) is 7.96. The summed E-state index contributed by atoms with van der Waals surface area (Å²) in [6, 6.07) is 16.4. The van der Waals surface area contributed by atoms with Crippen LogP contribution in [0, 0.1) is 0 Å². The van der Waals surface area contributed by atoms with Crippen LogP contribution >= 0.6 is 23.2 Å². The second-order valence-corrected chi connectivity index (χ2v) is 7.14. The van der Waals surface area contributed by atoms with E-state index < -0.39 is 0 Å². The Hall–Kier alpha value is -1.06. The van der Waals surface area contributed by atoms with Crippen molar-refractivity contribution in [2.45, 2.75) is 24.8 Å². The maximum atomic E-state index is 9.58. The van der Waals surface area contributed by atoms with Crippen molar-refractivity contribution in [2.75, 3.05) is 19.7 Å². The van der Waals surface area contributed by atoms with Gasteiger partial charge in [0, 0.05) is 25.1 Å². The van der Waals surface area contributed by atoms with Crippen LogP contribution in [0.25, 0.3) is 0 Å². The smallest absolute Gasteiger partial charge is 0.0595 e. The predicted molar refractivity (Wildman–Crippen MR) is 96.2 cm³/mol. The summed E-state index contributed by atoms with van der Waals surface area (Å²) in [4.78, 5) is 2.45. The Kier molecular flexibility index (Phi) is 5.27. The first-order valence-corrected chi connectivity index (χ1v) is 8.71. The lowest BCUT2D eigenvalue weighted by atomic mass is 9.77. The summed E-state index contributed by atoms with van der Waals surface area (Å²) >= 11 is 12.3. The minimum absolute atomic E-state index is 0.0439. The van der Waals surface area contributed by atoms with Gasteiger partial charge in [0.05, 0.1) is 10.0 Å². The van der Waals surface area contributed by atoms with E-state index in [4.69, 9.17) is 23.2 Å². The van der Waals surface area contributed by atoms with Crippen molar-refractivity contribution in [2.24, 2.45) is 0 Å². The van der Waals surface area contributed by atoms with Crippen molar-refractivity contribution in [3.63, 3.8) is 0 Å². The molecule has 2 nitrogen and oxygen atoms in total. The SMILES string of the molecule is OCCC1(c2ccc(Cl)c(Cl)c2)CCN(Cc2ccccc2)C1. The summed E-state index contributed by atoms with van der Waals surface area (Å²) in [6.07, 6.45) is 1.77. The van der Waals surface area contributed by atoms with E-state index in [1.54, 1.807) is 0 Å². The largest absolute Gasteiger partial charge is 0.396 e. The zero-order chi connectivity index (χ0) is 16.3. The Morgan fingerprint density at radius 1 is 1.04 bits per heavy atom. The fourth-order valence-corrected chi connectivity index (χ4v) is 3.86. The minimum atomic E-state index is -0.0439. The van der Waals surface area contributed by atoms with Crippen LogP contribution in [0.15, 0.2) is 48.5 Å². The molecule has 23 heavy (non-hydrogen) atoms. The molecular formula is C19H21Cl2NO. The third-order valence-corrected chi connectivity index (χ3v) is 5.54. The highest BCUT2D eigenvalue weighted by molar-refractivity contribution is 6.42. The standard InChI is InChI=1S/C19H21Cl2NO/c20-17-7-6-16(12-18(17)21)19(9-11-23)8-10-22(14-19)13-15-4-2-1-3-5-15/h1-7,12,23H,8-11,13-14H2. The molecule has 2 aromatic carbocycles. The second-order valence-electron chi connectivity index (χ2n) is 6.33. The zero-order valence-electron chi connectivity index (χ0n) is 13.0. The van der Waals surface area contributed by atoms with Gasteiger partial charge in [-0.05, 0) is 42.6 Å². The number of hydrogen-bond donors (Lipinski definition) is 1. The molecule has 1 saturated heterocycles. The van der Waals surface area contributed by atoms with E-state index in [9.17, 15) is 5.11 Å². The van der Waals surface area contributed by atoms with Crippen LogP contribution in [0.5, 0.6) is 0 Å². The summed E-state index contributed by atoms with van der Waals surface area (Å²) < 4.78 is 0. The molecule has 0 saturated carbocycles. The van der Waals surface area contributed by atoms with Gasteiger partial charge in [-0.2, -0.15) is 0 Å². The molecule has 0 aliphatic carbocycles. The van der Waals surface area contributed by atoms with E-state index >= 15 is 0 Å². The maximum absolute atomic E-state index is 9.58. The van der Waals surface area contributed by atoms with E-state index in [1.807, 2.05) is 18.2 Å². The van der Waals surface area contributed by atoms with E-state index in [1.165, 1.54) is 11.1 Å². The predicted octanol–water partition coefficient (Wildman–Crippen LogP) is 4.52. The van der Waals surface area contributed by atoms with Crippen LogP contribution in [0.4, 0.5) is 0 Å². The van der Waals surface area contributed by atoms with Crippen molar-refractivity contribution < 1.29 is 5.11 Å².